The third-order valence-electron chi connectivity index (χ3n) is 5.17. The van der Waals surface area contributed by atoms with Crippen molar-refractivity contribution in [2.24, 2.45) is 0 Å². The predicted molar refractivity (Wildman–Crippen MR) is 144 cm³/mol. The highest BCUT2D eigenvalue weighted by Gasteiger charge is 2.17. The van der Waals surface area contributed by atoms with Crippen molar-refractivity contribution in [2.75, 3.05) is 63.0 Å². The lowest BCUT2D eigenvalue weighted by molar-refractivity contribution is -0.110. The molecule has 0 aliphatic heterocycles. The summed E-state index contributed by atoms with van der Waals surface area (Å²) in [6, 6.07) is 10.0. The number of carbonyl (C=O) groups excluding carboxylic acids is 2. The van der Waals surface area contributed by atoms with Crippen molar-refractivity contribution in [2.45, 2.75) is 0 Å². The number of urea groups is 1. The zero-order chi connectivity index (χ0) is 26.2. The molecular weight excluding hydrogens is 458 g/mol. The number of nitrogen functional groups attached to an aromatic ring is 1. The Morgan fingerprint density at radius 2 is 1.72 bits per heavy atom. The number of likely N-dealkylation sites (N-methyl/N-ethyl adjacent to an activating group) is 1. The second kappa shape index (κ2) is 11.8. The number of amides is 3. The first-order valence-electron chi connectivity index (χ1n) is 11.2. The normalized spacial score (nSPS) is 10.6. The van der Waals surface area contributed by atoms with Crippen LogP contribution in [0.5, 0.6) is 0 Å². The van der Waals surface area contributed by atoms with Crippen LogP contribution in [-0.2, 0) is 4.79 Å². The Kier molecular flexibility index (Phi) is 8.52. The van der Waals surface area contributed by atoms with E-state index in [4.69, 9.17) is 11.1 Å². The molecule has 2 aromatic heterocycles. The molecule has 11 nitrogen and oxygen atoms in total. The summed E-state index contributed by atoms with van der Waals surface area (Å²) in [4.78, 5) is 36.7. The molecule has 3 aromatic rings. The minimum absolute atomic E-state index is 0.280. The molecule has 2 heterocycles. The van der Waals surface area contributed by atoms with Crippen LogP contribution in [0.3, 0.4) is 0 Å². The molecule has 0 fully saturated rings. The van der Waals surface area contributed by atoms with Crippen LogP contribution in [0.1, 0.15) is 5.56 Å². The summed E-state index contributed by atoms with van der Waals surface area (Å²) in [6.07, 6.45) is 4.70. The summed E-state index contributed by atoms with van der Waals surface area (Å²) in [5.41, 5.74) is 8.76. The first-order valence-corrected chi connectivity index (χ1v) is 11.2. The fourth-order valence-corrected chi connectivity index (χ4v) is 3.15. The zero-order valence-electron chi connectivity index (χ0n) is 20.8. The number of aromatic nitrogens is 2. The number of carbonyl (C=O) groups is 2. The Hall–Kier alpha value is -4.51. The zero-order valence-corrected chi connectivity index (χ0v) is 20.8. The SMILES string of the molecule is CN(C)CCNc1ccc(NC(=O)C(=N)c2cc(-c3cncc(NC(=O)N(C)C)c3)ccc2N)cn1. The number of hydrogen-bond donors (Lipinski definition) is 5. The number of pyridine rings is 2. The number of hydrogen-bond acceptors (Lipinski definition) is 8. The van der Waals surface area contributed by atoms with E-state index in [-0.39, 0.29) is 17.3 Å². The largest absolute Gasteiger partial charge is 0.398 e. The quantitative estimate of drug-likeness (QED) is 0.229. The van der Waals surface area contributed by atoms with Gasteiger partial charge < -0.3 is 31.5 Å². The second-order valence-electron chi connectivity index (χ2n) is 8.58. The van der Waals surface area contributed by atoms with Crippen LogP contribution in [0, 0.1) is 5.41 Å². The van der Waals surface area contributed by atoms with Gasteiger partial charge in [0.15, 0.2) is 0 Å². The van der Waals surface area contributed by atoms with E-state index in [1.54, 1.807) is 56.7 Å². The number of anilines is 4. The van der Waals surface area contributed by atoms with Crippen molar-refractivity contribution >= 4 is 40.5 Å². The maximum atomic E-state index is 12.8. The van der Waals surface area contributed by atoms with E-state index in [0.29, 0.717) is 34.0 Å². The molecule has 3 amide bonds. The van der Waals surface area contributed by atoms with Crippen LogP contribution in [0.25, 0.3) is 11.1 Å². The lowest BCUT2D eigenvalue weighted by Crippen LogP contribution is -2.27. The molecule has 0 saturated heterocycles. The van der Waals surface area contributed by atoms with Gasteiger partial charge in [-0.3, -0.25) is 15.2 Å². The van der Waals surface area contributed by atoms with Gasteiger partial charge in [-0.25, -0.2) is 9.78 Å². The van der Waals surface area contributed by atoms with Crippen LogP contribution >= 0.6 is 0 Å². The average molecular weight is 490 g/mol. The van der Waals surface area contributed by atoms with Crippen molar-refractivity contribution in [3.05, 3.63) is 60.6 Å². The van der Waals surface area contributed by atoms with Crippen LogP contribution in [-0.4, -0.2) is 78.7 Å². The summed E-state index contributed by atoms with van der Waals surface area (Å²) in [6.45, 7) is 1.61. The average Bonchev–Trinajstić information content (AvgIpc) is 2.85. The molecule has 1 aromatic carbocycles. The van der Waals surface area contributed by atoms with Gasteiger partial charge in [0, 0.05) is 50.2 Å². The van der Waals surface area contributed by atoms with E-state index in [2.05, 4.69) is 30.8 Å². The Morgan fingerprint density at radius 1 is 0.944 bits per heavy atom. The van der Waals surface area contributed by atoms with Crippen LogP contribution in [0.4, 0.5) is 27.7 Å². The standard InChI is InChI=1S/C25H31N9O2/c1-33(2)10-9-29-22-8-6-18(15-30-22)31-24(35)23(27)20-12-16(5-7-21(20)26)17-11-19(14-28-13-17)32-25(36)34(3)4/h5-8,11-15,27H,9-10,26H2,1-4H3,(H,29,30)(H,31,35)(H,32,36). The van der Waals surface area contributed by atoms with E-state index in [9.17, 15) is 9.59 Å². The molecule has 0 atom stereocenters. The van der Waals surface area contributed by atoms with Crippen molar-refractivity contribution < 1.29 is 9.59 Å². The van der Waals surface area contributed by atoms with Gasteiger partial charge in [0.25, 0.3) is 5.91 Å². The highest BCUT2D eigenvalue weighted by molar-refractivity contribution is 6.48. The minimum Gasteiger partial charge on any atom is -0.398 e. The number of benzene rings is 1. The van der Waals surface area contributed by atoms with Gasteiger partial charge in [0.2, 0.25) is 0 Å². The summed E-state index contributed by atoms with van der Waals surface area (Å²) < 4.78 is 0. The molecule has 11 heteroatoms. The fraction of sp³-hybridized carbons (Fsp3) is 0.240. The van der Waals surface area contributed by atoms with Gasteiger partial charge in [-0.2, -0.15) is 0 Å². The van der Waals surface area contributed by atoms with Gasteiger partial charge in [0.1, 0.15) is 11.5 Å². The molecule has 3 rings (SSSR count). The topological polar surface area (TPSA) is 152 Å². The van der Waals surface area contributed by atoms with Gasteiger partial charge >= 0.3 is 6.03 Å². The molecule has 188 valence electrons. The summed E-state index contributed by atoms with van der Waals surface area (Å²) in [7, 11) is 7.27. The summed E-state index contributed by atoms with van der Waals surface area (Å²) in [5.74, 6) is 0.0820. The molecule has 0 aliphatic carbocycles. The maximum Gasteiger partial charge on any atom is 0.321 e. The lowest BCUT2D eigenvalue weighted by atomic mass is 10.00. The number of nitrogens with one attached hydrogen (secondary N) is 4. The smallest absolute Gasteiger partial charge is 0.321 e. The molecule has 36 heavy (non-hydrogen) atoms. The highest BCUT2D eigenvalue weighted by Crippen LogP contribution is 2.26. The first kappa shape index (κ1) is 26.1. The second-order valence-corrected chi connectivity index (χ2v) is 8.58. The number of nitrogens with zero attached hydrogens (tertiary/aromatic N) is 4. The van der Waals surface area contributed by atoms with Gasteiger partial charge in [-0.1, -0.05) is 6.07 Å². The molecule has 0 radical (unpaired) electrons. The van der Waals surface area contributed by atoms with Crippen LogP contribution in [0.2, 0.25) is 0 Å². The lowest BCUT2D eigenvalue weighted by Gasteiger charge is -2.13. The van der Waals surface area contributed by atoms with Gasteiger partial charge in [0.05, 0.1) is 23.8 Å². The van der Waals surface area contributed by atoms with Crippen molar-refractivity contribution in [3.8, 4) is 11.1 Å². The van der Waals surface area contributed by atoms with Gasteiger partial charge in [-0.15, -0.1) is 0 Å². The van der Waals surface area contributed by atoms with Crippen molar-refractivity contribution in [1.29, 1.82) is 5.41 Å². The predicted octanol–water partition coefficient (Wildman–Crippen LogP) is 2.80. The molecular formula is C25H31N9O2. The Balaban J connectivity index is 1.72. The highest BCUT2D eigenvalue weighted by atomic mass is 16.2. The van der Waals surface area contributed by atoms with E-state index in [1.165, 1.54) is 17.3 Å². The fourth-order valence-electron chi connectivity index (χ4n) is 3.15. The summed E-state index contributed by atoms with van der Waals surface area (Å²) >= 11 is 0. The first-order chi connectivity index (χ1) is 17.1. The van der Waals surface area contributed by atoms with E-state index < -0.39 is 5.91 Å². The van der Waals surface area contributed by atoms with Gasteiger partial charge in [-0.05, 0) is 50.0 Å². The Bertz CT molecular complexity index is 1240. The third kappa shape index (κ3) is 7.00. The summed E-state index contributed by atoms with van der Waals surface area (Å²) in [5, 5.41) is 17.1. The molecule has 0 saturated carbocycles. The van der Waals surface area contributed by atoms with E-state index >= 15 is 0 Å². The number of nitrogens with two attached hydrogens (primary N) is 1. The molecule has 0 unspecified atom stereocenters. The van der Waals surface area contributed by atoms with Crippen LogP contribution < -0.4 is 21.7 Å². The Morgan fingerprint density at radius 3 is 2.39 bits per heavy atom. The molecule has 6 N–H and O–H groups in total. The van der Waals surface area contributed by atoms with E-state index in [0.717, 1.165) is 13.1 Å². The van der Waals surface area contributed by atoms with E-state index in [1.807, 2.05) is 14.1 Å². The third-order valence-corrected chi connectivity index (χ3v) is 5.17. The monoisotopic (exact) mass is 489 g/mol. The number of rotatable bonds is 9. The van der Waals surface area contributed by atoms with Crippen molar-refractivity contribution in [1.82, 2.24) is 19.8 Å². The van der Waals surface area contributed by atoms with Crippen molar-refractivity contribution in [3.63, 3.8) is 0 Å². The maximum absolute atomic E-state index is 12.8. The molecule has 0 aliphatic rings. The molecule has 0 bridgehead atoms. The molecule has 0 spiro atoms. The Labute approximate surface area is 210 Å². The van der Waals surface area contributed by atoms with Crippen LogP contribution in [0.15, 0.2) is 55.0 Å². The minimum atomic E-state index is -0.612.